The smallest absolute Gasteiger partial charge is 0.164 e. The molecule has 0 aliphatic rings. The van der Waals surface area contributed by atoms with E-state index in [9.17, 15) is 0 Å². The molecule has 0 saturated heterocycles. The molecule has 0 saturated carbocycles. The Kier molecular flexibility index (Phi) is 8.79. The molecule has 0 unspecified atom stereocenters. The summed E-state index contributed by atoms with van der Waals surface area (Å²) in [6.45, 7) is 0. The van der Waals surface area contributed by atoms with Crippen molar-refractivity contribution in [3.05, 3.63) is 231 Å². The van der Waals surface area contributed by atoms with Crippen molar-refractivity contribution >= 4 is 65.7 Å². The Morgan fingerprint density at radius 3 is 1.59 bits per heavy atom. The predicted octanol–water partition coefficient (Wildman–Crippen LogP) is 16.8. The number of benzene rings is 10. The monoisotopic (exact) mass is 882 g/mol. The van der Waals surface area contributed by atoms with Crippen LogP contribution in [0.5, 0.6) is 0 Å². The second-order valence-electron chi connectivity index (χ2n) is 17.5. The Labute approximate surface area is 396 Å². The molecule has 69 heavy (non-hydrogen) atoms. The topological polar surface area (TPSA) is 69.9 Å². The summed E-state index contributed by atoms with van der Waals surface area (Å²) in [7, 11) is 0. The molecule has 0 amide bonds. The summed E-state index contributed by atoms with van der Waals surface area (Å²) in [5.41, 5.74) is 16.0. The highest BCUT2D eigenvalue weighted by Gasteiger charge is 2.22. The fourth-order valence-corrected chi connectivity index (χ4v) is 10.3. The highest BCUT2D eigenvalue weighted by atomic mass is 16.3. The number of rotatable bonds is 7. The largest absolute Gasteiger partial charge is 0.456 e. The highest BCUT2D eigenvalue weighted by Crippen LogP contribution is 2.44. The van der Waals surface area contributed by atoms with E-state index in [1.54, 1.807) is 0 Å². The van der Waals surface area contributed by atoms with E-state index >= 15 is 0 Å². The molecule has 0 radical (unpaired) electrons. The van der Waals surface area contributed by atoms with E-state index in [1.165, 1.54) is 21.9 Å². The first-order chi connectivity index (χ1) is 34.2. The standard InChI is InChI=1S/C63H38N4O2/c1-4-16-39(17-5-1)42-32-34-53-50(37-42)48-24-10-11-28-52(48)67(53)54-29-15-31-57-59(54)49-27-13-26-47(60(49)69-57)44-33-35-55-51(38-44)58-46(25-14-30-56(58)68-55)43-22-12-23-45(36-43)63-65-61(40-18-6-2-7-19-40)64-62(66-63)41-20-8-3-9-21-41/h1-38H. The van der Waals surface area contributed by atoms with Crippen molar-refractivity contribution < 1.29 is 8.83 Å². The quantitative estimate of drug-likeness (QED) is 0.159. The minimum absolute atomic E-state index is 0.605. The van der Waals surface area contributed by atoms with Crippen LogP contribution in [-0.2, 0) is 0 Å². The Hall–Kier alpha value is -9.39. The number of aromatic nitrogens is 4. The molecule has 0 fully saturated rings. The third-order valence-corrected chi connectivity index (χ3v) is 13.5. The first-order valence-electron chi connectivity index (χ1n) is 23.2. The van der Waals surface area contributed by atoms with Gasteiger partial charge in [-0.05, 0) is 82.4 Å². The third-order valence-electron chi connectivity index (χ3n) is 13.5. The van der Waals surface area contributed by atoms with Gasteiger partial charge in [0, 0.05) is 49.2 Å². The maximum absolute atomic E-state index is 6.93. The van der Waals surface area contributed by atoms with Crippen LogP contribution in [0.3, 0.4) is 0 Å². The second-order valence-corrected chi connectivity index (χ2v) is 17.5. The van der Waals surface area contributed by atoms with Gasteiger partial charge in [-0.1, -0.05) is 176 Å². The van der Waals surface area contributed by atoms with Gasteiger partial charge in [0.05, 0.1) is 22.1 Å². The maximum Gasteiger partial charge on any atom is 0.164 e. The first-order valence-corrected chi connectivity index (χ1v) is 23.2. The summed E-state index contributed by atoms with van der Waals surface area (Å²) in [5.74, 6) is 1.86. The number of para-hydroxylation sites is 2. The number of fused-ring (bicyclic) bond motifs is 9. The van der Waals surface area contributed by atoms with Crippen molar-refractivity contribution in [3.63, 3.8) is 0 Å². The summed E-state index contributed by atoms with van der Waals surface area (Å²) < 4.78 is 15.9. The fourth-order valence-electron chi connectivity index (χ4n) is 10.3. The van der Waals surface area contributed by atoms with Gasteiger partial charge in [-0.25, -0.2) is 15.0 Å². The summed E-state index contributed by atoms with van der Waals surface area (Å²) >= 11 is 0. The lowest BCUT2D eigenvalue weighted by atomic mass is 9.96. The molecular formula is C63H38N4O2. The Balaban J connectivity index is 0.899. The Morgan fingerprint density at radius 1 is 0.290 bits per heavy atom. The van der Waals surface area contributed by atoms with Crippen LogP contribution >= 0.6 is 0 Å². The highest BCUT2D eigenvalue weighted by molar-refractivity contribution is 6.18. The molecule has 0 bridgehead atoms. The van der Waals surface area contributed by atoms with Crippen molar-refractivity contribution in [2.45, 2.75) is 0 Å². The zero-order chi connectivity index (χ0) is 45.4. The minimum atomic E-state index is 0.605. The first kappa shape index (κ1) is 38.8. The number of hydrogen-bond acceptors (Lipinski definition) is 5. The molecule has 0 aliphatic heterocycles. The van der Waals surface area contributed by atoms with Gasteiger partial charge < -0.3 is 13.4 Å². The second kappa shape index (κ2) is 15.6. The lowest BCUT2D eigenvalue weighted by Gasteiger charge is -2.10. The molecule has 4 heterocycles. The molecule has 6 nitrogen and oxygen atoms in total. The molecule has 4 aromatic heterocycles. The van der Waals surface area contributed by atoms with Crippen LogP contribution in [0, 0.1) is 0 Å². The van der Waals surface area contributed by atoms with Crippen LogP contribution in [0.25, 0.3) is 139 Å². The van der Waals surface area contributed by atoms with Gasteiger partial charge in [-0.3, -0.25) is 0 Å². The maximum atomic E-state index is 6.93. The average Bonchev–Trinajstić information content (AvgIpc) is 4.11. The molecule has 0 spiro atoms. The Bertz CT molecular complexity index is 4250. The molecule has 14 rings (SSSR count). The zero-order valence-corrected chi connectivity index (χ0v) is 37.0. The summed E-state index contributed by atoms with van der Waals surface area (Å²) in [5, 5.41) is 6.62. The van der Waals surface area contributed by atoms with Crippen molar-refractivity contribution in [1.29, 1.82) is 0 Å². The van der Waals surface area contributed by atoms with E-state index in [4.69, 9.17) is 23.8 Å². The fraction of sp³-hybridized carbons (Fsp3) is 0. The number of nitrogens with zero attached hydrogens (tertiary/aromatic N) is 4. The van der Waals surface area contributed by atoms with E-state index in [0.29, 0.717) is 17.5 Å². The normalized spacial score (nSPS) is 11.8. The van der Waals surface area contributed by atoms with E-state index in [-0.39, 0.29) is 0 Å². The van der Waals surface area contributed by atoms with Crippen LogP contribution < -0.4 is 0 Å². The molecular weight excluding hydrogens is 845 g/mol. The van der Waals surface area contributed by atoms with E-state index in [1.807, 2.05) is 66.7 Å². The van der Waals surface area contributed by atoms with Crippen LogP contribution in [0.1, 0.15) is 0 Å². The minimum Gasteiger partial charge on any atom is -0.456 e. The average molecular weight is 883 g/mol. The Morgan fingerprint density at radius 2 is 0.826 bits per heavy atom. The lowest BCUT2D eigenvalue weighted by molar-refractivity contribution is 0.668. The van der Waals surface area contributed by atoms with Crippen molar-refractivity contribution in [2.24, 2.45) is 0 Å². The van der Waals surface area contributed by atoms with Gasteiger partial charge in [0.2, 0.25) is 0 Å². The zero-order valence-electron chi connectivity index (χ0n) is 37.0. The molecule has 10 aromatic carbocycles. The third kappa shape index (κ3) is 6.38. The number of hydrogen-bond donors (Lipinski definition) is 0. The SMILES string of the molecule is c1ccc(-c2ccc3c(c2)c2ccccc2n3-c2cccc3oc4c(-c5ccc6oc7cccc(-c8cccc(-c9nc(-c%10ccccc%10)nc(-c%10ccccc%10)n9)c8)c7c6c5)cccc4c23)cc1. The molecule has 0 atom stereocenters. The van der Waals surface area contributed by atoms with Crippen LogP contribution in [-0.4, -0.2) is 19.5 Å². The van der Waals surface area contributed by atoms with E-state index in [0.717, 1.165) is 99.5 Å². The van der Waals surface area contributed by atoms with Gasteiger partial charge in [0.1, 0.15) is 22.3 Å². The van der Waals surface area contributed by atoms with Crippen molar-refractivity contribution in [1.82, 2.24) is 19.5 Å². The summed E-state index contributed by atoms with van der Waals surface area (Å²) in [6, 6.07) is 80.3. The predicted molar refractivity (Wildman–Crippen MR) is 281 cm³/mol. The van der Waals surface area contributed by atoms with Crippen molar-refractivity contribution in [3.8, 4) is 73.2 Å². The van der Waals surface area contributed by atoms with Crippen molar-refractivity contribution in [2.75, 3.05) is 0 Å². The van der Waals surface area contributed by atoms with Crippen LogP contribution in [0.4, 0.5) is 0 Å². The van der Waals surface area contributed by atoms with Gasteiger partial charge in [-0.15, -0.1) is 0 Å². The van der Waals surface area contributed by atoms with Gasteiger partial charge in [0.25, 0.3) is 0 Å². The van der Waals surface area contributed by atoms with Gasteiger partial charge in [-0.2, -0.15) is 0 Å². The molecule has 14 aromatic rings. The summed E-state index contributed by atoms with van der Waals surface area (Å²) in [4.78, 5) is 15.0. The molecule has 322 valence electrons. The van der Waals surface area contributed by atoms with Gasteiger partial charge in [0.15, 0.2) is 17.5 Å². The van der Waals surface area contributed by atoms with E-state index in [2.05, 4.69) is 168 Å². The van der Waals surface area contributed by atoms with Crippen LogP contribution in [0.15, 0.2) is 239 Å². The molecule has 0 aliphatic carbocycles. The molecule has 0 N–H and O–H groups in total. The van der Waals surface area contributed by atoms with Gasteiger partial charge >= 0.3 is 0 Å². The summed E-state index contributed by atoms with van der Waals surface area (Å²) in [6.07, 6.45) is 0. The van der Waals surface area contributed by atoms with E-state index < -0.39 is 0 Å². The molecule has 6 heteroatoms. The number of furan rings is 2. The lowest BCUT2D eigenvalue weighted by Crippen LogP contribution is -2.00. The van der Waals surface area contributed by atoms with Crippen LogP contribution in [0.2, 0.25) is 0 Å².